The Balaban J connectivity index is 0.000000420. The minimum absolute atomic E-state index is 0.559. The van der Waals surface area contributed by atoms with Gasteiger partial charge in [0.15, 0.2) is 0 Å². The first kappa shape index (κ1) is 23.3. The summed E-state index contributed by atoms with van der Waals surface area (Å²) in [5, 5.41) is 18.5. The highest BCUT2D eigenvalue weighted by Gasteiger charge is 2.14. The lowest BCUT2D eigenvalue weighted by Crippen LogP contribution is -2.32. The molecule has 1 aliphatic heterocycles. The van der Waals surface area contributed by atoms with Crippen molar-refractivity contribution in [3.05, 3.63) is 36.4 Å². The van der Waals surface area contributed by atoms with Crippen molar-refractivity contribution in [2.24, 2.45) is 0 Å². The molecule has 1 atom stereocenters. The number of imidazole rings is 1. The Kier molecular flexibility index (Phi) is 10.5. The van der Waals surface area contributed by atoms with Gasteiger partial charge in [0, 0.05) is 56.3 Å². The van der Waals surface area contributed by atoms with Crippen LogP contribution >= 0.6 is 0 Å². The maximum absolute atomic E-state index is 9.00. The van der Waals surface area contributed by atoms with Crippen LogP contribution in [-0.4, -0.2) is 49.3 Å². The van der Waals surface area contributed by atoms with E-state index in [4.69, 9.17) is 19.8 Å². The Hall–Kier alpha value is -2.74. The average molecular weight is 390 g/mol. The fraction of sp³-hybridized carbons (Fsp3) is 0.500. The predicted molar refractivity (Wildman–Crippen MR) is 107 cm³/mol. The number of carboxylic acid groups (broad SMARTS) is 2. The van der Waals surface area contributed by atoms with Crippen molar-refractivity contribution in [1.29, 1.82) is 0 Å². The number of nitrogens with zero attached hydrogens (tertiary/aromatic N) is 3. The SMILES string of the molecule is CC(=O)O.CC(=O)O.Cc1ccc(-c2nccn2CC2CCCCCN2)cn1. The van der Waals surface area contributed by atoms with Gasteiger partial charge in [-0.3, -0.25) is 14.6 Å². The quantitative estimate of drug-likeness (QED) is 0.737. The maximum atomic E-state index is 9.00. The van der Waals surface area contributed by atoms with Gasteiger partial charge in [0.25, 0.3) is 11.9 Å². The van der Waals surface area contributed by atoms with Gasteiger partial charge in [-0.1, -0.05) is 12.8 Å². The van der Waals surface area contributed by atoms with Gasteiger partial charge in [-0.05, 0) is 38.4 Å². The number of hydrogen-bond acceptors (Lipinski definition) is 5. The lowest BCUT2D eigenvalue weighted by atomic mass is 10.1. The molecule has 1 fully saturated rings. The van der Waals surface area contributed by atoms with Crippen LogP contribution in [0.3, 0.4) is 0 Å². The molecule has 1 aliphatic rings. The molecule has 2 aromatic rings. The molecular formula is C20H30N4O4. The van der Waals surface area contributed by atoms with Crippen LogP contribution in [0.25, 0.3) is 11.4 Å². The zero-order valence-corrected chi connectivity index (χ0v) is 16.8. The smallest absolute Gasteiger partial charge is 0.300 e. The molecule has 2 aromatic heterocycles. The highest BCUT2D eigenvalue weighted by molar-refractivity contribution is 5.63. The van der Waals surface area contributed by atoms with Gasteiger partial charge in [0.05, 0.1) is 0 Å². The summed E-state index contributed by atoms with van der Waals surface area (Å²) in [6.07, 6.45) is 11.1. The first-order valence-corrected chi connectivity index (χ1v) is 9.36. The first-order chi connectivity index (χ1) is 13.3. The van der Waals surface area contributed by atoms with Crippen molar-refractivity contribution in [3.63, 3.8) is 0 Å². The second-order valence-electron chi connectivity index (χ2n) is 6.63. The molecule has 0 amide bonds. The Labute approximate surface area is 165 Å². The van der Waals surface area contributed by atoms with Gasteiger partial charge in [-0.2, -0.15) is 0 Å². The summed E-state index contributed by atoms with van der Waals surface area (Å²) in [5.41, 5.74) is 2.13. The summed E-state index contributed by atoms with van der Waals surface area (Å²) in [5.74, 6) is -0.649. The van der Waals surface area contributed by atoms with Crippen molar-refractivity contribution in [1.82, 2.24) is 19.9 Å². The van der Waals surface area contributed by atoms with Gasteiger partial charge < -0.3 is 20.1 Å². The van der Waals surface area contributed by atoms with Crippen LogP contribution in [0.4, 0.5) is 0 Å². The summed E-state index contributed by atoms with van der Waals surface area (Å²) >= 11 is 0. The van der Waals surface area contributed by atoms with E-state index in [0.29, 0.717) is 6.04 Å². The molecule has 3 heterocycles. The fourth-order valence-corrected chi connectivity index (χ4v) is 2.81. The van der Waals surface area contributed by atoms with Gasteiger partial charge in [0.2, 0.25) is 0 Å². The fourth-order valence-electron chi connectivity index (χ4n) is 2.81. The summed E-state index contributed by atoms with van der Waals surface area (Å²) in [6, 6.07) is 4.70. The molecule has 154 valence electrons. The van der Waals surface area contributed by atoms with Gasteiger partial charge in [0.1, 0.15) is 5.82 Å². The summed E-state index contributed by atoms with van der Waals surface area (Å²) in [6.45, 7) is 6.30. The highest BCUT2D eigenvalue weighted by Crippen LogP contribution is 2.18. The van der Waals surface area contributed by atoms with Crippen molar-refractivity contribution in [2.45, 2.75) is 59.0 Å². The molecule has 28 heavy (non-hydrogen) atoms. The maximum Gasteiger partial charge on any atom is 0.300 e. The Morgan fingerprint density at radius 3 is 2.43 bits per heavy atom. The molecule has 0 radical (unpaired) electrons. The van der Waals surface area contributed by atoms with Crippen molar-refractivity contribution in [3.8, 4) is 11.4 Å². The number of hydrogen-bond donors (Lipinski definition) is 3. The molecule has 0 spiro atoms. The van der Waals surface area contributed by atoms with Crippen molar-refractivity contribution in [2.75, 3.05) is 6.54 Å². The summed E-state index contributed by atoms with van der Waals surface area (Å²) in [7, 11) is 0. The highest BCUT2D eigenvalue weighted by atomic mass is 16.4. The third-order valence-corrected chi connectivity index (χ3v) is 3.96. The van der Waals surface area contributed by atoms with Gasteiger partial charge >= 0.3 is 0 Å². The van der Waals surface area contributed by atoms with E-state index in [2.05, 4.69) is 32.1 Å². The van der Waals surface area contributed by atoms with E-state index in [1.54, 1.807) is 0 Å². The largest absolute Gasteiger partial charge is 0.481 e. The second kappa shape index (κ2) is 12.6. The van der Waals surface area contributed by atoms with E-state index in [1.807, 2.05) is 25.4 Å². The third kappa shape index (κ3) is 9.82. The number of carbonyl (C=O) groups is 2. The molecular weight excluding hydrogens is 360 g/mol. The number of pyridine rings is 1. The number of aromatic nitrogens is 3. The minimum atomic E-state index is -0.833. The monoisotopic (exact) mass is 390 g/mol. The third-order valence-electron chi connectivity index (χ3n) is 3.96. The first-order valence-electron chi connectivity index (χ1n) is 9.36. The van der Waals surface area contributed by atoms with Crippen molar-refractivity contribution >= 4 is 11.9 Å². The second-order valence-corrected chi connectivity index (χ2v) is 6.63. The molecule has 8 heteroatoms. The molecule has 3 rings (SSSR count). The summed E-state index contributed by atoms with van der Waals surface area (Å²) < 4.78 is 2.25. The zero-order chi connectivity index (χ0) is 20.9. The molecule has 1 unspecified atom stereocenters. The van der Waals surface area contributed by atoms with E-state index in [-0.39, 0.29) is 0 Å². The topological polar surface area (TPSA) is 117 Å². The van der Waals surface area contributed by atoms with Crippen LogP contribution in [0.1, 0.15) is 45.2 Å². The lowest BCUT2D eigenvalue weighted by molar-refractivity contribution is -0.135. The van der Waals surface area contributed by atoms with Crippen LogP contribution in [0, 0.1) is 6.92 Å². The Morgan fingerprint density at radius 2 is 1.82 bits per heavy atom. The molecule has 1 saturated heterocycles. The van der Waals surface area contributed by atoms with Crippen LogP contribution in [0.15, 0.2) is 30.7 Å². The normalized spacial score (nSPS) is 15.9. The van der Waals surface area contributed by atoms with Crippen molar-refractivity contribution < 1.29 is 19.8 Å². The number of nitrogens with one attached hydrogen (secondary N) is 1. The van der Waals surface area contributed by atoms with Crippen LogP contribution in [0.2, 0.25) is 0 Å². The molecule has 0 saturated carbocycles. The van der Waals surface area contributed by atoms with Gasteiger partial charge in [-0.25, -0.2) is 4.98 Å². The molecule has 0 aromatic carbocycles. The Bertz CT molecular complexity index is 700. The van der Waals surface area contributed by atoms with Crippen LogP contribution in [0.5, 0.6) is 0 Å². The van der Waals surface area contributed by atoms with E-state index >= 15 is 0 Å². The molecule has 8 nitrogen and oxygen atoms in total. The Morgan fingerprint density at radius 1 is 1.14 bits per heavy atom. The molecule has 0 aliphatic carbocycles. The summed E-state index contributed by atoms with van der Waals surface area (Å²) in [4.78, 5) is 26.9. The number of aliphatic carboxylic acids is 2. The van der Waals surface area contributed by atoms with E-state index in [1.165, 1.54) is 25.7 Å². The average Bonchev–Trinajstić information content (AvgIpc) is 2.89. The number of rotatable bonds is 3. The van der Waals surface area contributed by atoms with E-state index in [0.717, 1.165) is 44.0 Å². The zero-order valence-electron chi connectivity index (χ0n) is 16.8. The van der Waals surface area contributed by atoms with Crippen LogP contribution < -0.4 is 5.32 Å². The van der Waals surface area contributed by atoms with E-state index < -0.39 is 11.9 Å². The lowest BCUT2D eigenvalue weighted by Gasteiger charge is -2.18. The molecule has 3 N–H and O–H groups in total. The number of aryl methyl sites for hydroxylation is 1. The molecule has 0 bridgehead atoms. The predicted octanol–water partition coefficient (Wildman–Crippen LogP) is 2.97. The minimum Gasteiger partial charge on any atom is -0.481 e. The van der Waals surface area contributed by atoms with E-state index in [9.17, 15) is 0 Å². The number of carboxylic acids is 2. The van der Waals surface area contributed by atoms with Crippen LogP contribution in [-0.2, 0) is 16.1 Å². The van der Waals surface area contributed by atoms with Gasteiger partial charge in [-0.15, -0.1) is 0 Å². The standard InChI is InChI=1S/C16H22N4.2C2H4O2/c1-13-6-7-14(11-19-13)16-18-9-10-20(16)12-15-5-3-2-4-8-17-15;2*1-2(3)4/h6-7,9-11,15,17H,2-5,8,12H2,1H3;2*1H3,(H,3,4).